The third-order valence-electron chi connectivity index (χ3n) is 4.45. The first-order valence-corrected chi connectivity index (χ1v) is 8.37. The molecular weight excluding hydrogens is 314 g/mol. The molecule has 0 aliphatic carbocycles. The number of rotatable bonds is 7. The van der Waals surface area contributed by atoms with E-state index in [-0.39, 0.29) is 0 Å². The second-order valence-electron chi connectivity index (χ2n) is 5.88. The highest BCUT2D eigenvalue weighted by Gasteiger charge is 2.25. The van der Waals surface area contributed by atoms with Gasteiger partial charge in [0.2, 0.25) is 0 Å². The molecule has 126 valence electrons. The maximum atomic E-state index is 11.4. The number of allylic oxidation sites excluding steroid dienone is 4. The highest BCUT2D eigenvalue weighted by Crippen LogP contribution is 2.33. The molecule has 2 rings (SSSR count). The van der Waals surface area contributed by atoms with E-state index in [1.165, 1.54) is 0 Å². The number of carboxylic acid groups (broad SMARTS) is 1. The maximum absolute atomic E-state index is 11.4. The lowest BCUT2D eigenvalue weighted by Gasteiger charge is -2.21. The monoisotopic (exact) mass is 337 g/mol. The summed E-state index contributed by atoms with van der Waals surface area (Å²) in [5.41, 5.74) is 9.68. The van der Waals surface area contributed by atoms with Gasteiger partial charge in [0.15, 0.2) is 0 Å². The van der Waals surface area contributed by atoms with Crippen LogP contribution in [0.4, 0.5) is 0 Å². The Labute approximate surface area is 141 Å². The van der Waals surface area contributed by atoms with Crippen molar-refractivity contribution in [3.05, 3.63) is 34.4 Å². The van der Waals surface area contributed by atoms with Gasteiger partial charge in [0, 0.05) is 22.8 Å². The van der Waals surface area contributed by atoms with E-state index in [1.54, 1.807) is 6.33 Å². The van der Waals surface area contributed by atoms with Crippen LogP contribution < -0.4 is 5.73 Å². The van der Waals surface area contributed by atoms with Crippen LogP contribution in [0.1, 0.15) is 44.5 Å². The second kappa shape index (κ2) is 7.79. The molecule has 23 heavy (non-hydrogen) atoms. The Morgan fingerprint density at radius 2 is 2.30 bits per heavy atom. The lowest BCUT2D eigenvalue weighted by molar-refractivity contribution is -0.142. The normalized spacial score (nSPS) is 16.4. The SMILES string of the molecule is C/C=C(/Cl)C1=C(C)n2cnc(CC(CCCN)C(=O)O)c2CC1. The maximum Gasteiger partial charge on any atom is 0.306 e. The highest BCUT2D eigenvalue weighted by atomic mass is 35.5. The average Bonchev–Trinajstić information content (AvgIpc) is 2.94. The van der Waals surface area contributed by atoms with Gasteiger partial charge in [-0.2, -0.15) is 0 Å². The van der Waals surface area contributed by atoms with E-state index < -0.39 is 11.9 Å². The van der Waals surface area contributed by atoms with Crippen molar-refractivity contribution in [2.75, 3.05) is 6.54 Å². The lowest BCUT2D eigenvalue weighted by atomic mass is 9.94. The van der Waals surface area contributed by atoms with Crippen LogP contribution in [-0.4, -0.2) is 27.2 Å². The molecule has 0 aromatic carbocycles. The second-order valence-corrected chi connectivity index (χ2v) is 6.29. The molecule has 1 aliphatic heterocycles. The van der Waals surface area contributed by atoms with E-state index in [2.05, 4.69) is 4.98 Å². The summed E-state index contributed by atoms with van der Waals surface area (Å²) in [7, 11) is 0. The number of carboxylic acids is 1. The standard InChI is InChI=1S/C17H24ClN3O2/c1-3-14(18)13-6-7-16-15(20-10-21(16)11(13)2)9-12(17(22)23)5-4-8-19/h3,10,12H,4-9,19H2,1-2H3,(H,22,23)/b14-3+. The summed E-state index contributed by atoms with van der Waals surface area (Å²) in [6, 6.07) is 0. The van der Waals surface area contributed by atoms with Crippen molar-refractivity contribution >= 4 is 23.3 Å². The van der Waals surface area contributed by atoms with Crippen molar-refractivity contribution in [3.8, 4) is 0 Å². The molecule has 0 saturated carbocycles. The van der Waals surface area contributed by atoms with Crippen LogP contribution in [0.15, 0.2) is 23.0 Å². The number of hydrogen-bond acceptors (Lipinski definition) is 3. The number of aliphatic carboxylic acids is 1. The van der Waals surface area contributed by atoms with Gasteiger partial charge in [-0.1, -0.05) is 17.7 Å². The fraction of sp³-hybridized carbons (Fsp3) is 0.529. The third-order valence-corrected chi connectivity index (χ3v) is 4.90. The minimum atomic E-state index is -0.777. The Kier molecular flexibility index (Phi) is 6.02. The van der Waals surface area contributed by atoms with Crippen LogP contribution in [0.3, 0.4) is 0 Å². The third kappa shape index (κ3) is 3.85. The van der Waals surface area contributed by atoms with E-state index in [9.17, 15) is 9.90 Å². The first-order valence-electron chi connectivity index (χ1n) is 7.99. The number of aromatic nitrogens is 2. The molecule has 5 nitrogen and oxygen atoms in total. The Morgan fingerprint density at radius 3 is 2.91 bits per heavy atom. The summed E-state index contributed by atoms with van der Waals surface area (Å²) >= 11 is 6.28. The van der Waals surface area contributed by atoms with Crippen molar-refractivity contribution < 1.29 is 9.90 Å². The van der Waals surface area contributed by atoms with E-state index in [0.717, 1.165) is 40.5 Å². The van der Waals surface area contributed by atoms with Crippen LogP contribution in [-0.2, 0) is 17.6 Å². The number of nitrogens with two attached hydrogens (primary N) is 1. The first-order chi connectivity index (χ1) is 11.0. The summed E-state index contributed by atoms with van der Waals surface area (Å²) in [6.45, 7) is 4.46. The fourth-order valence-corrected chi connectivity index (χ4v) is 3.31. The quantitative estimate of drug-likeness (QED) is 0.800. The molecule has 1 aliphatic rings. The Bertz CT molecular complexity index is 646. The minimum absolute atomic E-state index is 0.428. The highest BCUT2D eigenvalue weighted by molar-refractivity contribution is 6.32. The van der Waals surface area contributed by atoms with Gasteiger partial charge in [0.05, 0.1) is 17.9 Å². The largest absolute Gasteiger partial charge is 0.481 e. The molecule has 1 atom stereocenters. The molecule has 2 heterocycles. The molecule has 1 aromatic heterocycles. The van der Waals surface area contributed by atoms with Crippen molar-refractivity contribution in [1.29, 1.82) is 0 Å². The summed E-state index contributed by atoms with van der Waals surface area (Å²) in [6.07, 6.45) is 7.12. The zero-order chi connectivity index (χ0) is 17.0. The minimum Gasteiger partial charge on any atom is -0.481 e. The van der Waals surface area contributed by atoms with Crippen molar-refractivity contribution in [2.45, 2.75) is 46.0 Å². The number of fused-ring (bicyclic) bond motifs is 1. The Balaban J connectivity index is 2.26. The predicted octanol–water partition coefficient (Wildman–Crippen LogP) is 3.19. The summed E-state index contributed by atoms with van der Waals surface area (Å²) in [4.78, 5) is 15.9. The number of nitrogens with zero attached hydrogens (tertiary/aromatic N) is 2. The van der Waals surface area contributed by atoms with Crippen LogP contribution in [0.25, 0.3) is 5.70 Å². The van der Waals surface area contributed by atoms with Crippen molar-refractivity contribution in [1.82, 2.24) is 9.55 Å². The average molecular weight is 338 g/mol. The molecule has 6 heteroatoms. The van der Waals surface area contributed by atoms with Crippen molar-refractivity contribution in [3.63, 3.8) is 0 Å². The Hall–Kier alpha value is -1.59. The van der Waals surface area contributed by atoms with Crippen LogP contribution in [0, 0.1) is 5.92 Å². The lowest BCUT2D eigenvalue weighted by Crippen LogP contribution is -2.19. The number of hydrogen-bond donors (Lipinski definition) is 2. The molecular formula is C17H24ClN3O2. The van der Waals surface area contributed by atoms with E-state index in [4.69, 9.17) is 17.3 Å². The molecule has 0 bridgehead atoms. The van der Waals surface area contributed by atoms with Gasteiger partial charge in [-0.15, -0.1) is 0 Å². The molecule has 1 unspecified atom stereocenters. The van der Waals surface area contributed by atoms with E-state index in [0.29, 0.717) is 25.8 Å². The van der Waals surface area contributed by atoms with Gasteiger partial charge in [0.1, 0.15) is 0 Å². The molecule has 3 N–H and O–H groups in total. The van der Waals surface area contributed by atoms with E-state index >= 15 is 0 Å². The van der Waals surface area contributed by atoms with Gasteiger partial charge in [-0.25, -0.2) is 4.98 Å². The van der Waals surface area contributed by atoms with Crippen LogP contribution in [0.2, 0.25) is 0 Å². The number of imidazole rings is 1. The molecule has 0 spiro atoms. The van der Waals surface area contributed by atoms with Gasteiger partial charge in [-0.3, -0.25) is 4.79 Å². The fourth-order valence-electron chi connectivity index (χ4n) is 3.08. The number of carbonyl (C=O) groups is 1. The summed E-state index contributed by atoms with van der Waals surface area (Å²) in [5, 5.41) is 10.2. The molecule has 0 radical (unpaired) electrons. The summed E-state index contributed by atoms with van der Waals surface area (Å²) < 4.78 is 2.04. The zero-order valence-electron chi connectivity index (χ0n) is 13.7. The van der Waals surface area contributed by atoms with Gasteiger partial charge in [0.25, 0.3) is 0 Å². The molecule has 0 amide bonds. The topological polar surface area (TPSA) is 81.1 Å². The molecule has 1 aromatic rings. The van der Waals surface area contributed by atoms with Crippen LogP contribution in [0.5, 0.6) is 0 Å². The van der Waals surface area contributed by atoms with Gasteiger partial charge in [-0.05, 0) is 51.6 Å². The van der Waals surface area contributed by atoms with Crippen molar-refractivity contribution in [2.24, 2.45) is 11.7 Å². The summed E-state index contributed by atoms with van der Waals surface area (Å²) in [5.74, 6) is -1.20. The smallest absolute Gasteiger partial charge is 0.306 e. The predicted molar refractivity (Wildman–Crippen MR) is 92.2 cm³/mol. The first kappa shape index (κ1) is 17.8. The Morgan fingerprint density at radius 1 is 1.57 bits per heavy atom. The molecule has 0 fully saturated rings. The van der Waals surface area contributed by atoms with E-state index in [1.807, 2.05) is 24.5 Å². The number of halogens is 1. The van der Waals surface area contributed by atoms with Crippen LogP contribution >= 0.6 is 11.6 Å². The van der Waals surface area contributed by atoms with Gasteiger partial charge >= 0.3 is 5.97 Å². The zero-order valence-corrected chi connectivity index (χ0v) is 14.4. The van der Waals surface area contributed by atoms with Gasteiger partial charge < -0.3 is 15.4 Å². The molecule has 0 saturated heterocycles.